The van der Waals surface area contributed by atoms with Gasteiger partial charge < -0.3 is 14.9 Å². The van der Waals surface area contributed by atoms with Crippen molar-refractivity contribution in [2.75, 3.05) is 0 Å². The van der Waals surface area contributed by atoms with Gasteiger partial charge in [0, 0.05) is 5.56 Å². The van der Waals surface area contributed by atoms with Crippen molar-refractivity contribution in [3.8, 4) is 5.75 Å². The van der Waals surface area contributed by atoms with Crippen LogP contribution in [0.15, 0.2) is 18.2 Å². The number of aliphatic carboxylic acids is 2. The Bertz CT molecular complexity index is 678. The Morgan fingerprint density at radius 2 is 1.30 bits per heavy atom. The fourth-order valence-corrected chi connectivity index (χ4v) is 3.86. The van der Waals surface area contributed by atoms with Crippen LogP contribution < -0.4 is 4.74 Å². The highest BCUT2D eigenvalue weighted by Gasteiger charge is 2.32. The van der Waals surface area contributed by atoms with Gasteiger partial charge in [-0.2, -0.15) is 0 Å². The molecule has 0 fully saturated rings. The molecule has 170 valence electrons. The monoisotopic (exact) mass is 420 g/mol. The van der Waals surface area contributed by atoms with Crippen molar-refractivity contribution >= 4 is 11.9 Å². The third-order valence-corrected chi connectivity index (χ3v) is 5.33. The Morgan fingerprint density at radius 3 is 1.73 bits per heavy atom. The first-order chi connectivity index (χ1) is 14.0. The van der Waals surface area contributed by atoms with Crippen molar-refractivity contribution in [1.82, 2.24) is 0 Å². The van der Waals surface area contributed by atoms with Gasteiger partial charge in [-0.3, -0.25) is 9.59 Å². The summed E-state index contributed by atoms with van der Waals surface area (Å²) in [5.74, 6) is -1.86. The van der Waals surface area contributed by atoms with E-state index in [4.69, 9.17) is 4.74 Å². The predicted octanol–water partition coefficient (Wildman–Crippen LogP) is 6.46. The second-order valence-electron chi connectivity index (χ2n) is 9.36. The van der Waals surface area contributed by atoms with Crippen molar-refractivity contribution in [2.45, 2.75) is 98.0 Å². The molecule has 0 heterocycles. The SMILES string of the molecule is CC(C)CCCC(C(=O)O)c1cccc(OC(C)C)c1C(CCCC(C)C)C(=O)O. The fraction of sp³-hybridized carbons (Fsp3) is 0.680. The van der Waals surface area contributed by atoms with E-state index in [1.807, 2.05) is 13.8 Å². The van der Waals surface area contributed by atoms with Crippen molar-refractivity contribution < 1.29 is 24.5 Å². The first-order valence-electron chi connectivity index (χ1n) is 11.3. The molecule has 5 heteroatoms. The lowest BCUT2D eigenvalue weighted by Crippen LogP contribution is -2.21. The van der Waals surface area contributed by atoms with Crippen LogP contribution in [-0.4, -0.2) is 28.3 Å². The standard InChI is InChI=1S/C25H40O5/c1-16(2)10-7-13-20(24(26)27)19-12-9-15-22(30-18(5)6)23(19)21(25(28)29)14-8-11-17(3)4/h9,12,15-18,20-21H,7-8,10-11,13-14H2,1-6H3,(H,26,27)(H,28,29). The van der Waals surface area contributed by atoms with Crippen LogP contribution in [0.5, 0.6) is 5.75 Å². The highest BCUT2D eigenvalue weighted by atomic mass is 16.5. The summed E-state index contributed by atoms with van der Waals surface area (Å²) in [5.41, 5.74) is 1.13. The van der Waals surface area contributed by atoms with Crippen LogP contribution in [0.2, 0.25) is 0 Å². The molecule has 2 unspecified atom stereocenters. The third-order valence-electron chi connectivity index (χ3n) is 5.33. The van der Waals surface area contributed by atoms with Gasteiger partial charge in [0.2, 0.25) is 0 Å². The van der Waals surface area contributed by atoms with Crippen molar-refractivity contribution in [2.24, 2.45) is 11.8 Å². The lowest BCUT2D eigenvalue weighted by Gasteiger charge is -2.25. The van der Waals surface area contributed by atoms with Gasteiger partial charge in [-0.1, -0.05) is 65.5 Å². The summed E-state index contributed by atoms with van der Waals surface area (Å²) in [6.07, 6.45) is 4.26. The van der Waals surface area contributed by atoms with E-state index in [9.17, 15) is 19.8 Å². The van der Waals surface area contributed by atoms with E-state index in [0.717, 1.165) is 25.7 Å². The number of carboxylic acids is 2. The molecule has 0 spiro atoms. The highest BCUT2D eigenvalue weighted by molar-refractivity contribution is 5.82. The molecule has 2 N–H and O–H groups in total. The molecule has 0 aliphatic carbocycles. The van der Waals surface area contributed by atoms with E-state index in [2.05, 4.69) is 27.7 Å². The number of carbonyl (C=O) groups is 2. The summed E-state index contributed by atoms with van der Waals surface area (Å²) in [6.45, 7) is 12.3. The van der Waals surface area contributed by atoms with Gasteiger partial charge in [-0.25, -0.2) is 0 Å². The number of carboxylic acid groups (broad SMARTS) is 2. The quantitative estimate of drug-likeness (QED) is 0.361. The van der Waals surface area contributed by atoms with E-state index in [1.165, 1.54) is 0 Å². The average molecular weight is 421 g/mol. The van der Waals surface area contributed by atoms with Crippen LogP contribution >= 0.6 is 0 Å². The second-order valence-corrected chi connectivity index (χ2v) is 9.36. The Kier molecular flexibility index (Phi) is 10.9. The summed E-state index contributed by atoms with van der Waals surface area (Å²) in [6, 6.07) is 5.32. The van der Waals surface area contributed by atoms with Crippen molar-refractivity contribution in [3.63, 3.8) is 0 Å². The smallest absolute Gasteiger partial charge is 0.311 e. The molecule has 1 aromatic rings. The molecule has 0 bridgehead atoms. The van der Waals surface area contributed by atoms with Crippen molar-refractivity contribution in [3.05, 3.63) is 29.3 Å². The van der Waals surface area contributed by atoms with Crippen LogP contribution in [0.3, 0.4) is 0 Å². The first kappa shape index (κ1) is 26.0. The van der Waals surface area contributed by atoms with Gasteiger partial charge >= 0.3 is 11.9 Å². The molecule has 0 radical (unpaired) electrons. The zero-order valence-electron chi connectivity index (χ0n) is 19.5. The Balaban J connectivity index is 3.41. The average Bonchev–Trinajstić information content (AvgIpc) is 2.61. The van der Waals surface area contributed by atoms with Gasteiger partial charge in [-0.15, -0.1) is 0 Å². The van der Waals surface area contributed by atoms with Crippen LogP contribution in [0.1, 0.15) is 103 Å². The van der Waals surface area contributed by atoms with Crippen LogP contribution in [0, 0.1) is 11.8 Å². The largest absolute Gasteiger partial charge is 0.491 e. The number of rotatable bonds is 14. The molecule has 5 nitrogen and oxygen atoms in total. The molecule has 0 saturated heterocycles. The number of benzene rings is 1. The summed E-state index contributed by atoms with van der Waals surface area (Å²) < 4.78 is 5.96. The van der Waals surface area contributed by atoms with Gasteiger partial charge in [0.1, 0.15) is 5.75 Å². The molecule has 0 aromatic heterocycles. The highest BCUT2D eigenvalue weighted by Crippen LogP contribution is 2.39. The van der Waals surface area contributed by atoms with E-state index in [1.54, 1.807) is 18.2 Å². The minimum atomic E-state index is -0.925. The molecule has 0 aliphatic rings. The van der Waals surface area contributed by atoms with Gasteiger partial charge in [0.15, 0.2) is 0 Å². The molecular formula is C25H40O5. The second kappa shape index (κ2) is 12.6. The molecular weight excluding hydrogens is 380 g/mol. The fourth-order valence-electron chi connectivity index (χ4n) is 3.86. The maximum Gasteiger partial charge on any atom is 0.311 e. The van der Waals surface area contributed by atoms with Crippen LogP contribution in [0.4, 0.5) is 0 Å². The lowest BCUT2D eigenvalue weighted by atomic mass is 9.81. The van der Waals surface area contributed by atoms with E-state index < -0.39 is 23.8 Å². The zero-order valence-corrected chi connectivity index (χ0v) is 19.5. The topological polar surface area (TPSA) is 83.8 Å². The summed E-state index contributed by atoms with van der Waals surface area (Å²) in [7, 11) is 0. The molecule has 1 rings (SSSR count). The molecule has 0 amide bonds. The molecule has 0 aliphatic heterocycles. The Hall–Kier alpha value is -2.04. The van der Waals surface area contributed by atoms with E-state index in [0.29, 0.717) is 41.6 Å². The summed E-state index contributed by atoms with van der Waals surface area (Å²) in [5, 5.41) is 20.0. The first-order valence-corrected chi connectivity index (χ1v) is 11.3. The normalized spacial score (nSPS) is 13.6. The molecule has 2 atom stereocenters. The number of hydrogen-bond donors (Lipinski definition) is 2. The zero-order chi connectivity index (χ0) is 22.8. The summed E-state index contributed by atoms with van der Waals surface area (Å²) >= 11 is 0. The van der Waals surface area contributed by atoms with Crippen molar-refractivity contribution in [1.29, 1.82) is 0 Å². The predicted molar refractivity (Wildman–Crippen MR) is 120 cm³/mol. The van der Waals surface area contributed by atoms with Gasteiger partial charge in [0.25, 0.3) is 0 Å². The van der Waals surface area contributed by atoms with Gasteiger partial charge in [0.05, 0.1) is 17.9 Å². The van der Waals surface area contributed by atoms with Gasteiger partial charge in [-0.05, 0) is 50.2 Å². The minimum Gasteiger partial charge on any atom is -0.491 e. The van der Waals surface area contributed by atoms with E-state index >= 15 is 0 Å². The molecule has 0 saturated carbocycles. The minimum absolute atomic E-state index is 0.131. The van der Waals surface area contributed by atoms with Crippen LogP contribution in [-0.2, 0) is 9.59 Å². The maximum atomic E-state index is 12.3. The Labute approximate surface area is 181 Å². The van der Waals surface area contributed by atoms with E-state index in [-0.39, 0.29) is 6.10 Å². The third kappa shape index (κ3) is 8.37. The van der Waals surface area contributed by atoms with Crippen LogP contribution in [0.25, 0.3) is 0 Å². The number of ether oxygens (including phenoxy) is 1. The summed E-state index contributed by atoms with van der Waals surface area (Å²) in [4.78, 5) is 24.4. The number of hydrogen-bond acceptors (Lipinski definition) is 3. The molecule has 30 heavy (non-hydrogen) atoms. The molecule has 1 aromatic carbocycles. The Morgan fingerprint density at radius 1 is 0.800 bits per heavy atom. The lowest BCUT2D eigenvalue weighted by molar-refractivity contribution is -0.140. The maximum absolute atomic E-state index is 12.3.